The topological polar surface area (TPSA) is 39.4 Å². The van der Waals surface area contributed by atoms with Crippen LogP contribution in [0.4, 0.5) is 0 Å². The number of unbranched alkanes of at least 4 members (excludes halogenated alkanes) is 3. The summed E-state index contributed by atoms with van der Waals surface area (Å²) in [6.07, 6.45) is 14.0. The summed E-state index contributed by atoms with van der Waals surface area (Å²) in [7, 11) is 0. The molecule has 1 aliphatic carbocycles. The SMILES string of the molecule is CCCCCCc1cc2c3c(c(=O)oc2cc1OC/C=C/c1ccccc1)CCCC3. The van der Waals surface area contributed by atoms with Crippen LogP contribution in [0.1, 0.15) is 67.7 Å². The molecule has 0 radical (unpaired) electrons. The molecular weight excluding hydrogens is 384 g/mol. The number of hydrogen-bond donors (Lipinski definition) is 0. The van der Waals surface area contributed by atoms with E-state index < -0.39 is 0 Å². The lowest BCUT2D eigenvalue weighted by molar-refractivity contribution is 0.358. The third kappa shape index (κ3) is 5.28. The molecule has 3 aromatic rings. The van der Waals surface area contributed by atoms with E-state index >= 15 is 0 Å². The molecule has 3 heteroatoms. The highest BCUT2D eigenvalue weighted by Gasteiger charge is 2.19. The van der Waals surface area contributed by atoms with Crippen LogP contribution >= 0.6 is 0 Å². The smallest absolute Gasteiger partial charge is 0.339 e. The van der Waals surface area contributed by atoms with Crippen LogP contribution in [0.2, 0.25) is 0 Å². The lowest BCUT2D eigenvalue weighted by Crippen LogP contribution is -2.16. The van der Waals surface area contributed by atoms with Gasteiger partial charge in [0.25, 0.3) is 0 Å². The molecule has 0 saturated heterocycles. The monoisotopic (exact) mass is 416 g/mol. The lowest BCUT2D eigenvalue weighted by atomic mass is 9.89. The molecule has 2 aromatic carbocycles. The van der Waals surface area contributed by atoms with E-state index in [0.717, 1.165) is 60.8 Å². The lowest BCUT2D eigenvalue weighted by Gasteiger charge is -2.18. The van der Waals surface area contributed by atoms with E-state index in [9.17, 15) is 4.79 Å². The second-order valence-electron chi connectivity index (χ2n) is 8.44. The van der Waals surface area contributed by atoms with Crippen LogP contribution in [-0.2, 0) is 19.3 Å². The molecule has 0 amide bonds. The van der Waals surface area contributed by atoms with Crippen molar-refractivity contribution in [2.45, 2.75) is 64.7 Å². The molecule has 1 aromatic heterocycles. The molecular formula is C28H32O3. The fraction of sp³-hybridized carbons (Fsp3) is 0.393. The van der Waals surface area contributed by atoms with Crippen LogP contribution in [-0.4, -0.2) is 6.61 Å². The first-order valence-electron chi connectivity index (χ1n) is 11.7. The first-order valence-corrected chi connectivity index (χ1v) is 11.7. The van der Waals surface area contributed by atoms with Gasteiger partial charge in [-0.15, -0.1) is 0 Å². The molecule has 31 heavy (non-hydrogen) atoms. The number of aryl methyl sites for hydroxylation is 2. The summed E-state index contributed by atoms with van der Waals surface area (Å²) in [6, 6.07) is 14.4. The Hall–Kier alpha value is -2.81. The van der Waals surface area contributed by atoms with Crippen LogP contribution in [0.3, 0.4) is 0 Å². The largest absolute Gasteiger partial charge is 0.489 e. The zero-order valence-corrected chi connectivity index (χ0v) is 18.5. The molecule has 0 fully saturated rings. The van der Waals surface area contributed by atoms with Gasteiger partial charge in [-0.25, -0.2) is 4.79 Å². The molecule has 0 N–H and O–H groups in total. The van der Waals surface area contributed by atoms with Gasteiger partial charge in [0.1, 0.15) is 17.9 Å². The quantitative estimate of drug-likeness (QED) is 0.282. The molecule has 0 spiro atoms. The normalized spacial score (nSPS) is 13.6. The minimum Gasteiger partial charge on any atom is -0.489 e. The van der Waals surface area contributed by atoms with E-state index in [1.54, 1.807) is 0 Å². The molecule has 0 atom stereocenters. The standard InChI is InChI=1S/C28H32O3/c1-2-3-4-8-15-22-19-25-23-16-9-10-17-24(23)28(29)31-27(25)20-26(22)30-18-11-14-21-12-6-5-7-13-21/h5-7,11-14,19-20H,2-4,8-10,15-18H2,1H3/b14-11+. The first-order chi connectivity index (χ1) is 15.3. The van der Waals surface area contributed by atoms with Crippen molar-refractivity contribution in [2.24, 2.45) is 0 Å². The van der Waals surface area contributed by atoms with Crippen LogP contribution in [0.15, 0.2) is 57.8 Å². The fourth-order valence-electron chi connectivity index (χ4n) is 4.47. The highest BCUT2D eigenvalue weighted by molar-refractivity contribution is 5.84. The van der Waals surface area contributed by atoms with E-state index in [1.165, 1.54) is 30.4 Å². The van der Waals surface area contributed by atoms with Crippen molar-refractivity contribution in [3.8, 4) is 5.75 Å². The Morgan fingerprint density at radius 1 is 1.00 bits per heavy atom. The van der Waals surface area contributed by atoms with E-state index in [1.807, 2.05) is 30.3 Å². The van der Waals surface area contributed by atoms with Crippen molar-refractivity contribution in [2.75, 3.05) is 6.61 Å². The zero-order chi connectivity index (χ0) is 21.5. The van der Waals surface area contributed by atoms with Crippen molar-refractivity contribution < 1.29 is 9.15 Å². The highest BCUT2D eigenvalue weighted by Crippen LogP contribution is 2.32. The predicted molar refractivity (Wildman–Crippen MR) is 128 cm³/mol. The summed E-state index contributed by atoms with van der Waals surface area (Å²) in [6.45, 7) is 2.72. The highest BCUT2D eigenvalue weighted by atomic mass is 16.5. The van der Waals surface area contributed by atoms with Crippen molar-refractivity contribution in [3.63, 3.8) is 0 Å². The molecule has 0 bridgehead atoms. The van der Waals surface area contributed by atoms with Gasteiger partial charge in [-0.05, 0) is 67.4 Å². The van der Waals surface area contributed by atoms with Gasteiger partial charge in [0.15, 0.2) is 0 Å². The number of benzene rings is 2. The summed E-state index contributed by atoms with van der Waals surface area (Å²) in [4.78, 5) is 12.5. The van der Waals surface area contributed by atoms with Crippen molar-refractivity contribution in [3.05, 3.63) is 81.2 Å². The van der Waals surface area contributed by atoms with Crippen LogP contribution < -0.4 is 10.4 Å². The fourth-order valence-corrected chi connectivity index (χ4v) is 4.47. The van der Waals surface area contributed by atoms with E-state index in [0.29, 0.717) is 12.2 Å². The molecule has 162 valence electrons. The molecule has 0 unspecified atom stereocenters. The van der Waals surface area contributed by atoms with E-state index in [4.69, 9.17) is 9.15 Å². The Labute approximate surface area is 184 Å². The van der Waals surface area contributed by atoms with Crippen LogP contribution in [0.5, 0.6) is 5.75 Å². The number of rotatable bonds is 9. The van der Waals surface area contributed by atoms with E-state index in [2.05, 4.69) is 31.2 Å². The van der Waals surface area contributed by atoms with Gasteiger partial charge >= 0.3 is 5.63 Å². The second-order valence-corrected chi connectivity index (χ2v) is 8.44. The molecule has 0 saturated carbocycles. The van der Waals surface area contributed by atoms with Crippen LogP contribution in [0.25, 0.3) is 17.0 Å². The van der Waals surface area contributed by atoms with Gasteiger partial charge in [0.05, 0.1) is 0 Å². The average molecular weight is 417 g/mol. The third-order valence-electron chi connectivity index (χ3n) is 6.15. The van der Waals surface area contributed by atoms with Gasteiger partial charge < -0.3 is 9.15 Å². The molecule has 4 rings (SSSR count). The summed E-state index contributed by atoms with van der Waals surface area (Å²) in [5, 5.41) is 1.10. The Morgan fingerprint density at radius 2 is 1.81 bits per heavy atom. The van der Waals surface area contributed by atoms with Crippen molar-refractivity contribution in [1.82, 2.24) is 0 Å². The maximum Gasteiger partial charge on any atom is 0.339 e. The average Bonchev–Trinajstić information content (AvgIpc) is 2.81. The predicted octanol–water partition coefficient (Wildman–Crippen LogP) is 6.89. The molecule has 1 heterocycles. The number of ether oxygens (including phenoxy) is 1. The number of fused-ring (bicyclic) bond motifs is 3. The zero-order valence-electron chi connectivity index (χ0n) is 18.5. The third-order valence-corrected chi connectivity index (χ3v) is 6.15. The van der Waals surface area contributed by atoms with Gasteiger partial charge in [-0.3, -0.25) is 0 Å². The minimum absolute atomic E-state index is 0.173. The maximum atomic E-state index is 12.5. The van der Waals surface area contributed by atoms with Crippen molar-refractivity contribution >= 4 is 17.0 Å². The summed E-state index contributed by atoms with van der Waals surface area (Å²) in [5.74, 6) is 0.834. The molecule has 1 aliphatic rings. The van der Waals surface area contributed by atoms with Gasteiger partial charge in [0.2, 0.25) is 0 Å². The summed E-state index contributed by atoms with van der Waals surface area (Å²) in [5.41, 5.74) is 4.94. The molecule has 3 nitrogen and oxygen atoms in total. The van der Waals surface area contributed by atoms with E-state index in [-0.39, 0.29) is 5.63 Å². The number of hydrogen-bond acceptors (Lipinski definition) is 3. The minimum atomic E-state index is -0.173. The van der Waals surface area contributed by atoms with Crippen LogP contribution in [0, 0.1) is 0 Å². The Kier molecular flexibility index (Phi) is 7.24. The Morgan fingerprint density at radius 3 is 2.61 bits per heavy atom. The second kappa shape index (κ2) is 10.5. The Balaban J connectivity index is 1.61. The van der Waals surface area contributed by atoms with Gasteiger partial charge in [0, 0.05) is 17.0 Å². The van der Waals surface area contributed by atoms with Crippen molar-refractivity contribution in [1.29, 1.82) is 0 Å². The first kappa shape index (κ1) is 21.4. The maximum absolute atomic E-state index is 12.5. The van der Waals surface area contributed by atoms with Gasteiger partial charge in [-0.1, -0.05) is 62.6 Å². The summed E-state index contributed by atoms with van der Waals surface area (Å²) >= 11 is 0. The Bertz CT molecular complexity index is 1090. The molecule has 0 aliphatic heterocycles. The van der Waals surface area contributed by atoms with Gasteiger partial charge in [-0.2, -0.15) is 0 Å². The summed E-state index contributed by atoms with van der Waals surface area (Å²) < 4.78 is 11.9.